The van der Waals surface area contributed by atoms with Crippen molar-refractivity contribution in [3.8, 4) is 5.75 Å². The molecule has 0 bridgehead atoms. The summed E-state index contributed by atoms with van der Waals surface area (Å²) < 4.78 is 5.15. The second-order valence-electron chi connectivity index (χ2n) is 2.43. The average Bonchev–Trinajstić information content (AvgIpc) is 2.06. The maximum Gasteiger partial charge on any atom is 0.132 e. The molecule has 0 radical (unpaired) electrons. The number of hydrogen-bond donors (Lipinski definition) is 1. The van der Waals surface area contributed by atoms with E-state index in [1.807, 2.05) is 24.3 Å². The summed E-state index contributed by atoms with van der Waals surface area (Å²) >= 11 is 0. The normalized spacial score (nSPS) is 20.6. The summed E-state index contributed by atoms with van der Waals surface area (Å²) in [6.07, 6.45) is 2.61. The third-order valence-corrected chi connectivity index (χ3v) is 1.69. The molecule has 2 heteroatoms. The highest BCUT2D eigenvalue weighted by Crippen LogP contribution is 2.28. The lowest BCUT2D eigenvalue weighted by molar-refractivity contribution is 0.213. The molecule has 0 aliphatic carbocycles. The van der Waals surface area contributed by atoms with E-state index in [0.717, 1.165) is 11.3 Å². The van der Waals surface area contributed by atoms with Crippen molar-refractivity contribution in [1.82, 2.24) is 0 Å². The molecule has 0 amide bonds. The molecule has 0 aromatic heterocycles. The van der Waals surface area contributed by atoms with Gasteiger partial charge in [0.05, 0.1) is 6.26 Å². The van der Waals surface area contributed by atoms with Crippen LogP contribution >= 0.6 is 0 Å². The number of aliphatic hydroxyl groups excluding tert-OH is 1. The fraction of sp³-hybridized carbons (Fsp3) is 0.111. The van der Waals surface area contributed by atoms with Crippen LogP contribution in [0.4, 0.5) is 0 Å². The highest BCUT2D eigenvalue weighted by molar-refractivity contribution is 5.39. The van der Waals surface area contributed by atoms with Crippen LogP contribution in [0.25, 0.3) is 0 Å². The van der Waals surface area contributed by atoms with Gasteiger partial charge < -0.3 is 9.84 Å². The maximum absolute atomic E-state index is 9.39. The Morgan fingerprint density at radius 1 is 1.27 bits per heavy atom. The number of ether oxygens (including phenoxy) is 1. The van der Waals surface area contributed by atoms with Gasteiger partial charge in [0.1, 0.15) is 11.9 Å². The SMILES string of the molecule is OC1C=COc2ccccc21. The molecule has 0 saturated heterocycles. The van der Waals surface area contributed by atoms with E-state index >= 15 is 0 Å². The van der Waals surface area contributed by atoms with Crippen molar-refractivity contribution in [2.24, 2.45) is 0 Å². The van der Waals surface area contributed by atoms with Gasteiger partial charge in [0.25, 0.3) is 0 Å². The van der Waals surface area contributed by atoms with Gasteiger partial charge in [-0.25, -0.2) is 0 Å². The number of benzene rings is 1. The summed E-state index contributed by atoms with van der Waals surface area (Å²) in [5.41, 5.74) is 0.829. The van der Waals surface area contributed by atoms with Crippen molar-refractivity contribution in [1.29, 1.82) is 0 Å². The molecule has 11 heavy (non-hydrogen) atoms. The van der Waals surface area contributed by atoms with Crippen LogP contribution in [-0.2, 0) is 0 Å². The second kappa shape index (κ2) is 2.40. The van der Waals surface area contributed by atoms with Gasteiger partial charge in [-0.1, -0.05) is 18.2 Å². The van der Waals surface area contributed by atoms with Crippen LogP contribution < -0.4 is 4.74 Å². The Labute approximate surface area is 64.7 Å². The van der Waals surface area contributed by atoms with Crippen LogP contribution in [0, 0.1) is 0 Å². The molecular formula is C9H8O2. The molecule has 56 valence electrons. The van der Waals surface area contributed by atoms with Crippen molar-refractivity contribution in [3.63, 3.8) is 0 Å². The maximum atomic E-state index is 9.39. The Balaban J connectivity index is 2.50. The first kappa shape index (κ1) is 6.43. The summed E-state index contributed by atoms with van der Waals surface area (Å²) in [6.45, 7) is 0. The van der Waals surface area contributed by atoms with Crippen molar-refractivity contribution >= 4 is 0 Å². The van der Waals surface area contributed by atoms with Crippen LogP contribution in [0.3, 0.4) is 0 Å². The van der Waals surface area contributed by atoms with Crippen molar-refractivity contribution in [2.75, 3.05) is 0 Å². The van der Waals surface area contributed by atoms with E-state index in [9.17, 15) is 5.11 Å². The van der Waals surface area contributed by atoms with Gasteiger partial charge in [-0.2, -0.15) is 0 Å². The highest BCUT2D eigenvalue weighted by atomic mass is 16.5. The molecule has 1 aromatic carbocycles. The number of rotatable bonds is 0. The topological polar surface area (TPSA) is 29.5 Å². The van der Waals surface area contributed by atoms with Gasteiger partial charge in [-0.15, -0.1) is 0 Å². The lowest BCUT2D eigenvalue weighted by Crippen LogP contribution is -2.01. The molecule has 1 atom stereocenters. The summed E-state index contributed by atoms with van der Waals surface area (Å²) in [4.78, 5) is 0. The minimum absolute atomic E-state index is 0.514. The molecule has 1 aliphatic rings. The molecule has 0 spiro atoms. The zero-order chi connectivity index (χ0) is 7.68. The molecule has 0 saturated carbocycles. The molecule has 0 fully saturated rings. The zero-order valence-corrected chi connectivity index (χ0v) is 5.90. The minimum Gasteiger partial charge on any atom is -0.465 e. The van der Waals surface area contributed by atoms with Gasteiger partial charge >= 0.3 is 0 Å². The molecule has 1 aliphatic heterocycles. The van der Waals surface area contributed by atoms with Gasteiger partial charge in [0.15, 0.2) is 0 Å². The Morgan fingerprint density at radius 3 is 2.91 bits per heavy atom. The van der Waals surface area contributed by atoms with Crippen molar-refractivity contribution in [3.05, 3.63) is 42.2 Å². The van der Waals surface area contributed by atoms with Gasteiger partial charge in [-0.05, 0) is 12.1 Å². The van der Waals surface area contributed by atoms with E-state index in [4.69, 9.17) is 4.74 Å². The first-order valence-corrected chi connectivity index (χ1v) is 3.48. The number of fused-ring (bicyclic) bond motifs is 1. The number of hydrogen-bond acceptors (Lipinski definition) is 2. The van der Waals surface area contributed by atoms with E-state index in [1.54, 1.807) is 6.08 Å². The minimum atomic E-state index is -0.514. The standard InChI is InChI=1S/C9H8O2/c10-8-5-6-11-9-4-2-1-3-7(8)9/h1-6,8,10H. The van der Waals surface area contributed by atoms with E-state index in [1.165, 1.54) is 6.26 Å². The third-order valence-electron chi connectivity index (χ3n) is 1.69. The van der Waals surface area contributed by atoms with Crippen LogP contribution in [0.1, 0.15) is 11.7 Å². The van der Waals surface area contributed by atoms with Gasteiger partial charge in [0.2, 0.25) is 0 Å². The quantitative estimate of drug-likeness (QED) is 0.605. The first-order chi connectivity index (χ1) is 5.38. The Hall–Kier alpha value is -1.28. The lowest BCUT2D eigenvalue weighted by Gasteiger charge is -2.15. The molecular weight excluding hydrogens is 140 g/mol. The van der Waals surface area contributed by atoms with E-state index in [0.29, 0.717) is 0 Å². The van der Waals surface area contributed by atoms with E-state index < -0.39 is 6.10 Å². The summed E-state index contributed by atoms with van der Waals surface area (Å²) in [6, 6.07) is 7.45. The van der Waals surface area contributed by atoms with Crippen molar-refractivity contribution < 1.29 is 9.84 Å². The van der Waals surface area contributed by atoms with Crippen LogP contribution in [-0.4, -0.2) is 5.11 Å². The fourth-order valence-electron chi connectivity index (χ4n) is 1.12. The summed E-state index contributed by atoms with van der Waals surface area (Å²) in [7, 11) is 0. The second-order valence-corrected chi connectivity index (χ2v) is 2.43. The number of aliphatic hydroxyl groups is 1. The number of para-hydroxylation sites is 1. The van der Waals surface area contributed by atoms with Crippen molar-refractivity contribution in [2.45, 2.75) is 6.10 Å². The van der Waals surface area contributed by atoms with E-state index in [2.05, 4.69) is 0 Å². The lowest BCUT2D eigenvalue weighted by atomic mass is 10.1. The predicted octanol–water partition coefficient (Wildman–Crippen LogP) is 1.63. The molecule has 2 nitrogen and oxygen atoms in total. The van der Waals surface area contributed by atoms with Crippen LogP contribution in [0.5, 0.6) is 5.75 Å². The average molecular weight is 148 g/mol. The Kier molecular flexibility index (Phi) is 1.40. The van der Waals surface area contributed by atoms with Gasteiger partial charge in [-0.3, -0.25) is 0 Å². The summed E-state index contributed by atoms with van der Waals surface area (Å²) in [5.74, 6) is 0.738. The Morgan fingerprint density at radius 2 is 2.09 bits per heavy atom. The molecule has 1 N–H and O–H groups in total. The summed E-state index contributed by atoms with van der Waals surface area (Å²) in [5, 5.41) is 9.39. The Bertz CT molecular complexity index is 291. The monoisotopic (exact) mass is 148 g/mol. The van der Waals surface area contributed by atoms with Crippen LogP contribution in [0.2, 0.25) is 0 Å². The molecule has 1 heterocycles. The van der Waals surface area contributed by atoms with Crippen LogP contribution in [0.15, 0.2) is 36.6 Å². The molecule has 2 rings (SSSR count). The predicted molar refractivity (Wildman–Crippen MR) is 41.2 cm³/mol. The zero-order valence-electron chi connectivity index (χ0n) is 5.90. The third kappa shape index (κ3) is 1.01. The van der Waals surface area contributed by atoms with E-state index in [-0.39, 0.29) is 0 Å². The molecule has 1 aromatic rings. The highest BCUT2D eigenvalue weighted by Gasteiger charge is 2.12. The largest absolute Gasteiger partial charge is 0.465 e. The first-order valence-electron chi connectivity index (χ1n) is 3.48. The smallest absolute Gasteiger partial charge is 0.132 e. The fourth-order valence-corrected chi connectivity index (χ4v) is 1.12. The van der Waals surface area contributed by atoms with Gasteiger partial charge in [0, 0.05) is 5.56 Å². The molecule has 1 unspecified atom stereocenters.